The van der Waals surface area contributed by atoms with Gasteiger partial charge >= 0.3 is 0 Å². The molecule has 8 aromatic heterocycles. The van der Waals surface area contributed by atoms with E-state index in [1.807, 2.05) is 42.7 Å². The van der Waals surface area contributed by atoms with Crippen molar-refractivity contribution in [3.63, 3.8) is 0 Å². The standard InChI is InChI=1S/2C52H34N4/c1-4-13-36(14-5-1)47-32-40(33-48(54-47)37-15-6-2-7-16-37)35-22-26-42(27-23-35)56-50-29-25-38(31-46(50)45-20-12-30-53-52(45)56)39-24-28-44-43-19-10-11-21-49(43)55(51(44)34-39)41-17-8-3-9-18-41;1-4-13-35(14-5-1)40-32-47(36-15-6-2-7-16-36)54-48(33-40)37-22-26-42(27-23-37)56-50-29-25-38(31-46(50)45-20-12-30-53-52(45)56)39-24-28-44-43-19-10-11-21-49(43)55(51(44)34-39)41-17-8-3-9-18-41/h2*1-34H. The molecule has 0 aliphatic carbocycles. The van der Waals surface area contributed by atoms with Crippen molar-refractivity contribution < 1.29 is 0 Å². The molecule has 22 aromatic rings. The molecular formula is C104H68N8. The molecule has 8 nitrogen and oxygen atoms in total. The molecule has 22 rings (SSSR count). The molecule has 0 aliphatic heterocycles. The second kappa shape index (κ2) is 27.6. The molecule has 0 spiro atoms. The van der Waals surface area contributed by atoms with E-state index in [1.54, 1.807) is 0 Å². The summed E-state index contributed by atoms with van der Waals surface area (Å²) in [5.41, 5.74) is 30.7. The Bertz CT molecular complexity index is 6760. The lowest BCUT2D eigenvalue weighted by molar-refractivity contribution is 1.14. The van der Waals surface area contributed by atoms with Crippen LogP contribution in [0.25, 0.3) is 200 Å². The van der Waals surface area contributed by atoms with Crippen LogP contribution >= 0.6 is 0 Å². The summed E-state index contributed by atoms with van der Waals surface area (Å²) in [4.78, 5) is 20.1. The van der Waals surface area contributed by atoms with Gasteiger partial charge in [-0.2, -0.15) is 0 Å². The molecule has 0 aliphatic rings. The van der Waals surface area contributed by atoms with Crippen LogP contribution in [0.15, 0.2) is 413 Å². The first-order chi connectivity index (χ1) is 55.5. The van der Waals surface area contributed by atoms with Gasteiger partial charge in [-0.25, -0.2) is 19.9 Å². The van der Waals surface area contributed by atoms with Crippen molar-refractivity contribution >= 4 is 87.5 Å². The zero-order valence-electron chi connectivity index (χ0n) is 60.8. The fraction of sp³-hybridized carbons (Fsp3) is 0. The van der Waals surface area contributed by atoms with E-state index in [9.17, 15) is 0 Å². The monoisotopic (exact) mass is 1430 g/mol. The normalized spacial score (nSPS) is 11.6. The summed E-state index contributed by atoms with van der Waals surface area (Å²) in [5.74, 6) is 0. The van der Waals surface area contributed by atoms with Gasteiger partial charge in [0.2, 0.25) is 0 Å². The van der Waals surface area contributed by atoms with E-state index < -0.39 is 0 Å². The van der Waals surface area contributed by atoms with E-state index in [0.29, 0.717) is 0 Å². The van der Waals surface area contributed by atoms with Crippen molar-refractivity contribution in [3.8, 4) is 112 Å². The van der Waals surface area contributed by atoms with E-state index in [4.69, 9.17) is 19.9 Å². The van der Waals surface area contributed by atoms with Gasteiger partial charge in [-0.05, 0) is 190 Å². The van der Waals surface area contributed by atoms with Gasteiger partial charge in [-0.1, -0.05) is 255 Å². The largest absolute Gasteiger partial charge is 0.309 e. The smallest absolute Gasteiger partial charge is 0.145 e. The SMILES string of the molecule is c1ccc(-c2cc(-c3ccc(-n4c5ccc(-c6ccc7c8ccccc8n(-c8ccccc8)c7c6)cc5c5cccnc54)cc3)cc(-c3ccccc3)n2)cc1.c1ccc(-c2cc(-c3ccccc3)nc(-c3ccc(-n4c5ccc(-c6ccc7c8ccccc8n(-c8ccccc8)c7c6)cc5c5cccnc54)cc3)c2)cc1. The quantitative estimate of drug-likeness (QED) is 0.122. The molecule has 0 N–H and O–H groups in total. The minimum absolute atomic E-state index is 0.933. The average Bonchev–Trinajstić information content (AvgIpc) is 1.57. The Balaban J connectivity index is 0.000000141. The molecule has 0 radical (unpaired) electrons. The highest BCUT2D eigenvalue weighted by atomic mass is 15.1. The van der Waals surface area contributed by atoms with Crippen molar-refractivity contribution in [1.82, 2.24) is 38.2 Å². The van der Waals surface area contributed by atoms with E-state index in [-0.39, 0.29) is 0 Å². The lowest BCUT2D eigenvalue weighted by Crippen LogP contribution is -1.96. The van der Waals surface area contributed by atoms with Gasteiger partial charge in [-0.15, -0.1) is 0 Å². The number of rotatable bonds is 12. The topological polar surface area (TPSA) is 71.3 Å². The van der Waals surface area contributed by atoms with Crippen LogP contribution < -0.4 is 0 Å². The average molecular weight is 1430 g/mol. The number of fused-ring (bicyclic) bond motifs is 12. The second-order valence-corrected chi connectivity index (χ2v) is 28.5. The summed E-state index contributed by atoms with van der Waals surface area (Å²) in [6.45, 7) is 0. The summed E-state index contributed by atoms with van der Waals surface area (Å²) >= 11 is 0. The molecule has 0 saturated carbocycles. The van der Waals surface area contributed by atoms with E-state index in [2.05, 4.69) is 388 Å². The minimum atomic E-state index is 0.933. The Morgan fingerprint density at radius 2 is 0.429 bits per heavy atom. The molecule has 8 heterocycles. The Labute approximate surface area is 646 Å². The predicted molar refractivity (Wildman–Crippen MR) is 465 cm³/mol. The van der Waals surface area contributed by atoms with Crippen molar-refractivity contribution in [1.29, 1.82) is 0 Å². The number of hydrogen-bond donors (Lipinski definition) is 0. The molecule has 112 heavy (non-hydrogen) atoms. The van der Waals surface area contributed by atoms with Crippen molar-refractivity contribution in [3.05, 3.63) is 413 Å². The molecule has 0 unspecified atom stereocenters. The van der Waals surface area contributed by atoms with E-state index >= 15 is 0 Å². The lowest BCUT2D eigenvalue weighted by atomic mass is 9.99. The van der Waals surface area contributed by atoms with Gasteiger partial charge in [0.25, 0.3) is 0 Å². The fourth-order valence-corrected chi connectivity index (χ4v) is 16.6. The van der Waals surface area contributed by atoms with Crippen LogP contribution in [-0.2, 0) is 0 Å². The number of aromatic nitrogens is 8. The Morgan fingerprint density at radius 1 is 0.152 bits per heavy atom. The number of para-hydroxylation sites is 4. The summed E-state index contributed by atoms with van der Waals surface area (Å²) in [6.07, 6.45) is 3.77. The summed E-state index contributed by atoms with van der Waals surface area (Å²) < 4.78 is 9.31. The van der Waals surface area contributed by atoms with E-state index in [1.165, 1.54) is 82.2 Å². The molecule has 8 heteroatoms. The Hall–Kier alpha value is -15.1. The molecule has 524 valence electrons. The highest BCUT2D eigenvalue weighted by molar-refractivity contribution is 6.14. The van der Waals surface area contributed by atoms with Crippen LogP contribution in [0.1, 0.15) is 0 Å². The van der Waals surface area contributed by atoms with Gasteiger partial charge in [0, 0.05) is 100 Å². The summed E-state index contributed by atoms with van der Waals surface area (Å²) in [7, 11) is 0. The zero-order chi connectivity index (χ0) is 74.0. The van der Waals surface area contributed by atoms with Crippen LogP contribution in [0.4, 0.5) is 0 Å². The maximum absolute atomic E-state index is 5.16. The van der Waals surface area contributed by atoms with Crippen LogP contribution in [0.5, 0.6) is 0 Å². The van der Waals surface area contributed by atoms with Crippen molar-refractivity contribution in [2.45, 2.75) is 0 Å². The van der Waals surface area contributed by atoms with Crippen molar-refractivity contribution in [2.24, 2.45) is 0 Å². The zero-order valence-corrected chi connectivity index (χ0v) is 60.8. The third kappa shape index (κ3) is 11.6. The third-order valence-corrected chi connectivity index (χ3v) is 21.9. The summed E-state index contributed by atoms with van der Waals surface area (Å²) in [5, 5.41) is 9.60. The minimum Gasteiger partial charge on any atom is -0.309 e. The first kappa shape index (κ1) is 65.2. The molecule has 0 atom stereocenters. The summed E-state index contributed by atoms with van der Waals surface area (Å²) in [6, 6.07) is 142. The Kier molecular flexibility index (Phi) is 16.1. The molecule has 0 saturated heterocycles. The van der Waals surface area contributed by atoms with Crippen LogP contribution in [-0.4, -0.2) is 38.2 Å². The van der Waals surface area contributed by atoms with Crippen LogP contribution in [0.2, 0.25) is 0 Å². The maximum Gasteiger partial charge on any atom is 0.145 e. The number of nitrogens with zero attached hydrogens (tertiary/aromatic N) is 8. The van der Waals surface area contributed by atoms with Crippen LogP contribution in [0, 0.1) is 0 Å². The van der Waals surface area contributed by atoms with Gasteiger partial charge < -0.3 is 9.13 Å². The third-order valence-electron chi connectivity index (χ3n) is 21.9. The van der Waals surface area contributed by atoms with Gasteiger partial charge in [0.15, 0.2) is 0 Å². The molecule has 0 amide bonds. The Morgan fingerprint density at radius 3 is 0.830 bits per heavy atom. The maximum atomic E-state index is 5.16. The lowest BCUT2D eigenvalue weighted by Gasteiger charge is -2.12. The highest BCUT2D eigenvalue weighted by Crippen LogP contribution is 2.43. The second-order valence-electron chi connectivity index (χ2n) is 28.5. The predicted octanol–water partition coefficient (Wildman–Crippen LogP) is 26.7. The molecule has 0 bridgehead atoms. The van der Waals surface area contributed by atoms with Gasteiger partial charge in [-0.3, -0.25) is 9.13 Å². The molecule has 0 fully saturated rings. The highest BCUT2D eigenvalue weighted by Gasteiger charge is 2.21. The number of pyridine rings is 4. The van der Waals surface area contributed by atoms with Gasteiger partial charge in [0.05, 0.1) is 55.9 Å². The van der Waals surface area contributed by atoms with Crippen LogP contribution in [0.3, 0.4) is 0 Å². The first-order valence-corrected chi connectivity index (χ1v) is 38.0. The first-order valence-electron chi connectivity index (χ1n) is 38.0. The number of hydrogen-bond acceptors (Lipinski definition) is 4. The molecular weight excluding hydrogens is 1360 g/mol. The molecule has 14 aromatic carbocycles. The fourth-order valence-electron chi connectivity index (χ4n) is 16.6. The van der Waals surface area contributed by atoms with E-state index in [0.717, 1.165) is 118 Å². The number of benzene rings is 14. The van der Waals surface area contributed by atoms with Crippen molar-refractivity contribution in [2.75, 3.05) is 0 Å². The van der Waals surface area contributed by atoms with Gasteiger partial charge in [0.1, 0.15) is 11.3 Å².